The number of ether oxygens (including phenoxy) is 1. The molecule has 0 bridgehead atoms. The van der Waals surface area contributed by atoms with E-state index in [0.717, 1.165) is 18.7 Å². The van der Waals surface area contributed by atoms with Crippen molar-refractivity contribution in [3.05, 3.63) is 60.2 Å². The molecule has 0 spiro atoms. The molecule has 0 aliphatic heterocycles. The van der Waals surface area contributed by atoms with Crippen LogP contribution in [0.1, 0.15) is 23.7 Å². The van der Waals surface area contributed by atoms with E-state index >= 15 is 0 Å². The molecule has 0 atom stereocenters. The highest BCUT2D eigenvalue weighted by Gasteiger charge is 2.07. The second-order valence-corrected chi connectivity index (χ2v) is 4.21. The SMILES string of the molecule is CCCNc1ccc(OC(=O)c2ccccc2)cc1. The number of rotatable bonds is 5. The molecule has 0 unspecified atom stereocenters. The lowest BCUT2D eigenvalue weighted by atomic mass is 10.2. The molecular weight excluding hydrogens is 238 g/mol. The Hall–Kier alpha value is -2.29. The molecule has 1 N–H and O–H groups in total. The van der Waals surface area contributed by atoms with Gasteiger partial charge in [0.25, 0.3) is 0 Å². The first-order chi connectivity index (χ1) is 9.29. The quantitative estimate of drug-likeness (QED) is 0.653. The number of esters is 1. The Morgan fingerprint density at radius 2 is 1.74 bits per heavy atom. The number of benzene rings is 2. The zero-order valence-electron chi connectivity index (χ0n) is 10.9. The third-order valence-corrected chi connectivity index (χ3v) is 2.65. The van der Waals surface area contributed by atoms with E-state index in [1.807, 2.05) is 30.3 Å². The molecule has 0 aliphatic rings. The molecule has 0 saturated heterocycles. The van der Waals surface area contributed by atoms with Crippen LogP contribution in [0.25, 0.3) is 0 Å². The van der Waals surface area contributed by atoms with Crippen LogP contribution in [-0.2, 0) is 0 Å². The molecule has 98 valence electrons. The molecular formula is C16H17NO2. The van der Waals surface area contributed by atoms with Crippen molar-refractivity contribution in [1.29, 1.82) is 0 Å². The van der Waals surface area contributed by atoms with Gasteiger partial charge in [-0.2, -0.15) is 0 Å². The van der Waals surface area contributed by atoms with Crippen LogP contribution in [0.4, 0.5) is 5.69 Å². The van der Waals surface area contributed by atoms with Crippen LogP contribution >= 0.6 is 0 Å². The van der Waals surface area contributed by atoms with Crippen LogP contribution in [-0.4, -0.2) is 12.5 Å². The van der Waals surface area contributed by atoms with Crippen LogP contribution < -0.4 is 10.1 Å². The number of carbonyl (C=O) groups is 1. The largest absolute Gasteiger partial charge is 0.423 e. The van der Waals surface area contributed by atoms with Crippen LogP contribution in [0.15, 0.2) is 54.6 Å². The first kappa shape index (κ1) is 13.1. The third kappa shape index (κ3) is 3.85. The van der Waals surface area contributed by atoms with Gasteiger partial charge in [0.2, 0.25) is 0 Å². The monoisotopic (exact) mass is 255 g/mol. The second kappa shape index (κ2) is 6.59. The van der Waals surface area contributed by atoms with Crippen molar-refractivity contribution in [1.82, 2.24) is 0 Å². The molecule has 3 nitrogen and oxygen atoms in total. The summed E-state index contributed by atoms with van der Waals surface area (Å²) in [6.07, 6.45) is 1.07. The zero-order chi connectivity index (χ0) is 13.5. The van der Waals surface area contributed by atoms with E-state index in [2.05, 4.69) is 12.2 Å². The van der Waals surface area contributed by atoms with Gasteiger partial charge in [0.05, 0.1) is 5.56 Å². The first-order valence-corrected chi connectivity index (χ1v) is 6.41. The van der Waals surface area contributed by atoms with Gasteiger partial charge in [-0.3, -0.25) is 0 Å². The van der Waals surface area contributed by atoms with E-state index in [-0.39, 0.29) is 5.97 Å². The van der Waals surface area contributed by atoms with Gasteiger partial charge in [-0.25, -0.2) is 4.79 Å². The van der Waals surface area contributed by atoms with Crippen LogP contribution in [0.2, 0.25) is 0 Å². The second-order valence-electron chi connectivity index (χ2n) is 4.21. The lowest BCUT2D eigenvalue weighted by Gasteiger charge is -2.07. The highest BCUT2D eigenvalue weighted by Crippen LogP contribution is 2.17. The van der Waals surface area contributed by atoms with Gasteiger partial charge in [0.15, 0.2) is 0 Å². The maximum atomic E-state index is 11.8. The smallest absolute Gasteiger partial charge is 0.343 e. The third-order valence-electron chi connectivity index (χ3n) is 2.65. The average Bonchev–Trinajstić information content (AvgIpc) is 2.47. The summed E-state index contributed by atoms with van der Waals surface area (Å²) in [6.45, 7) is 3.05. The van der Waals surface area contributed by atoms with Crippen LogP contribution in [0.3, 0.4) is 0 Å². The Bertz CT molecular complexity index is 520. The maximum Gasteiger partial charge on any atom is 0.343 e. The van der Waals surface area contributed by atoms with Gasteiger partial charge in [-0.15, -0.1) is 0 Å². The summed E-state index contributed by atoms with van der Waals surface area (Å²) in [4.78, 5) is 11.8. The van der Waals surface area contributed by atoms with Crippen molar-refractivity contribution in [3.8, 4) is 5.75 Å². The molecule has 19 heavy (non-hydrogen) atoms. The number of nitrogens with one attached hydrogen (secondary N) is 1. The van der Waals surface area contributed by atoms with Crippen molar-refractivity contribution in [2.75, 3.05) is 11.9 Å². The Morgan fingerprint density at radius 3 is 2.37 bits per heavy atom. The average molecular weight is 255 g/mol. The van der Waals surface area contributed by atoms with Crippen molar-refractivity contribution in [3.63, 3.8) is 0 Å². The molecule has 0 fully saturated rings. The summed E-state index contributed by atoms with van der Waals surface area (Å²) in [7, 11) is 0. The van der Waals surface area contributed by atoms with E-state index in [0.29, 0.717) is 11.3 Å². The summed E-state index contributed by atoms with van der Waals surface area (Å²) in [6, 6.07) is 16.4. The molecule has 0 aromatic heterocycles. The minimum atomic E-state index is -0.338. The van der Waals surface area contributed by atoms with E-state index < -0.39 is 0 Å². The molecule has 2 rings (SSSR count). The van der Waals surface area contributed by atoms with Gasteiger partial charge >= 0.3 is 5.97 Å². The van der Waals surface area contributed by atoms with Gasteiger partial charge in [0.1, 0.15) is 5.75 Å². The predicted molar refractivity (Wildman–Crippen MR) is 76.6 cm³/mol. The lowest BCUT2D eigenvalue weighted by Crippen LogP contribution is -2.08. The van der Waals surface area contributed by atoms with E-state index in [9.17, 15) is 4.79 Å². The minimum Gasteiger partial charge on any atom is -0.423 e. The number of hydrogen-bond donors (Lipinski definition) is 1. The Morgan fingerprint density at radius 1 is 1.05 bits per heavy atom. The fourth-order valence-corrected chi connectivity index (χ4v) is 1.65. The van der Waals surface area contributed by atoms with Crippen molar-refractivity contribution < 1.29 is 9.53 Å². The minimum absolute atomic E-state index is 0.338. The molecule has 0 saturated carbocycles. The Kier molecular flexibility index (Phi) is 4.56. The standard InChI is InChI=1S/C16H17NO2/c1-2-12-17-14-8-10-15(11-9-14)19-16(18)13-6-4-3-5-7-13/h3-11,17H,2,12H2,1H3. The van der Waals surface area contributed by atoms with E-state index in [1.54, 1.807) is 24.3 Å². The number of carbonyl (C=O) groups excluding carboxylic acids is 1. The molecule has 3 heteroatoms. The number of hydrogen-bond acceptors (Lipinski definition) is 3. The highest BCUT2D eigenvalue weighted by atomic mass is 16.5. The van der Waals surface area contributed by atoms with Gasteiger partial charge in [0, 0.05) is 12.2 Å². The summed E-state index contributed by atoms with van der Waals surface area (Å²) in [5.74, 6) is 0.214. The van der Waals surface area contributed by atoms with Crippen molar-refractivity contribution in [2.45, 2.75) is 13.3 Å². The summed E-state index contributed by atoms with van der Waals surface area (Å²) < 4.78 is 5.29. The van der Waals surface area contributed by atoms with Gasteiger partial charge in [-0.1, -0.05) is 25.1 Å². The molecule has 0 heterocycles. The fraction of sp³-hybridized carbons (Fsp3) is 0.188. The lowest BCUT2D eigenvalue weighted by molar-refractivity contribution is 0.0735. The molecule has 0 radical (unpaired) electrons. The molecule has 0 aliphatic carbocycles. The van der Waals surface area contributed by atoms with E-state index in [1.165, 1.54) is 0 Å². The first-order valence-electron chi connectivity index (χ1n) is 6.41. The Balaban J connectivity index is 1.98. The number of anilines is 1. The van der Waals surface area contributed by atoms with Crippen LogP contribution in [0.5, 0.6) is 5.75 Å². The predicted octanol–water partition coefficient (Wildman–Crippen LogP) is 3.73. The fourth-order valence-electron chi connectivity index (χ4n) is 1.65. The topological polar surface area (TPSA) is 38.3 Å². The zero-order valence-corrected chi connectivity index (χ0v) is 10.9. The van der Waals surface area contributed by atoms with Gasteiger partial charge < -0.3 is 10.1 Å². The van der Waals surface area contributed by atoms with E-state index in [4.69, 9.17) is 4.74 Å². The summed E-state index contributed by atoms with van der Waals surface area (Å²) in [5, 5.41) is 3.27. The van der Waals surface area contributed by atoms with Gasteiger partial charge in [-0.05, 0) is 42.8 Å². The molecule has 0 amide bonds. The van der Waals surface area contributed by atoms with Crippen LogP contribution in [0, 0.1) is 0 Å². The molecule has 2 aromatic rings. The summed E-state index contributed by atoms with van der Waals surface area (Å²) >= 11 is 0. The normalized spacial score (nSPS) is 9.95. The van der Waals surface area contributed by atoms with Crippen molar-refractivity contribution >= 4 is 11.7 Å². The van der Waals surface area contributed by atoms with Crippen molar-refractivity contribution in [2.24, 2.45) is 0 Å². The maximum absolute atomic E-state index is 11.8. The molecule has 2 aromatic carbocycles. The summed E-state index contributed by atoms with van der Waals surface area (Å²) in [5.41, 5.74) is 1.58. The highest BCUT2D eigenvalue weighted by molar-refractivity contribution is 5.90. The Labute approximate surface area is 113 Å².